The first kappa shape index (κ1) is 17.7. The van der Waals surface area contributed by atoms with Gasteiger partial charge in [-0.1, -0.05) is 17.8 Å². The van der Waals surface area contributed by atoms with Crippen LogP contribution in [0.2, 0.25) is 0 Å². The lowest BCUT2D eigenvalue weighted by Gasteiger charge is -2.13. The highest BCUT2D eigenvalue weighted by molar-refractivity contribution is 7.99. The standard InChI is InChI=1S/C13H15F3N4O2S/c14-13(15,16)8-2-1-3-9(4-8)20-11(5-17)18-19-12(20)23-7-10(22)6-21/h1-4,10,21-22H,5-7,17H2. The van der Waals surface area contributed by atoms with Gasteiger partial charge in [-0.05, 0) is 18.2 Å². The smallest absolute Gasteiger partial charge is 0.394 e. The van der Waals surface area contributed by atoms with Crippen molar-refractivity contribution < 1.29 is 23.4 Å². The van der Waals surface area contributed by atoms with Crippen LogP contribution in [-0.4, -0.2) is 43.4 Å². The summed E-state index contributed by atoms with van der Waals surface area (Å²) in [5.41, 5.74) is 5.00. The molecule has 0 amide bonds. The Hall–Kier alpha value is -1.62. The van der Waals surface area contributed by atoms with E-state index in [-0.39, 0.29) is 23.1 Å². The van der Waals surface area contributed by atoms with E-state index in [0.29, 0.717) is 5.82 Å². The number of aliphatic hydroxyl groups excluding tert-OH is 2. The van der Waals surface area contributed by atoms with Crippen LogP contribution in [0.4, 0.5) is 13.2 Å². The summed E-state index contributed by atoms with van der Waals surface area (Å²) in [5, 5.41) is 26.2. The topological polar surface area (TPSA) is 97.2 Å². The SMILES string of the molecule is NCc1nnc(SCC(O)CO)n1-c1cccc(C(F)(F)F)c1. The minimum absolute atomic E-state index is 0.00758. The highest BCUT2D eigenvalue weighted by atomic mass is 32.2. The molecular weight excluding hydrogens is 333 g/mol. The maximum Gasteiger partial charge on any atom is 0.416 e. The summed E-state index contributed by atoms with van der Waals surface area (Å²) in [6.07, 6.45) is -5.43. The lowest BCUT2D eigenvalue weighted by molar-refractivity contribution is -0.137. The molecule has 1 aromatic heterocycles. The predicted molar refractivity (Wildman–Crippen MR) is 78.1 cm³/mol. The maximum atomic E-state index is 12.9. The van der Waals surface area contributed by atoms with E-state index in [1.54, 1.807) is 0 Å². The lowest BCUT2D eigenvalue weighted by Crippen LogP contribution is -2.15. The number of hydrogen-bond donors (Lipinski definition) is 3. The van der Waals surface area contributed by atoms with Crippen molar-refractivity contribution in [1.29, 1.82) is 0 Å². The van der Waals surface area contributed by atoms with Crippen molar-refractivity contribution in [2.45, 2.75) is 24.0 Å². The molecule has 0 radical (unpaired) electrons. The zero-order chi connectivity index (χ0) is 17.0. The van der Waals surface area contributed by atoms with Gasteiger partial charge in [-0.15, -0.1) is 10.2 Å². The van der Waals surface area contributed by atoms with Crippen molar-refractivity contribution in [1.82, 2.24) is 14.8 Å². The molecule has 10 heteroatoms. The molecule has 1 atom stereocenters. The number of alkyl halides is 3. The molecule has 0 aliphatic carbocycles. The first-order valence-electron chi connectivity index (χ1n) is 6.60. The fourth-order valence-corrected chi connectivity index (χ4v) is 2.72. The van der Waals surface area contributed by atoms with E-state index in [2.05, 4.69) is 10.2 Å². The largest absolute Gasteiger partial charge is 0.416 e. The first-order chi connectivity index (χ1) is 10.9. The van der Waals surface area contributed by atoms with E-state index < -0.39 is 24.5 Å². The Bertz CT molecular complexity index is 663. The maximum absolute atomic E-state index is 12.9. The van der Waals surface area contributed by atoms with Gasteiger partial charge >= 0.3 is 6.18 Å². The summed E-state index contributed by atoms with van der Waals surface area (Å²) < 4.78 is 40.0. The molecule has 23 heavy (non-hydrogen) atoms. The fourth-order valence-electron chi connectivity index (χ4n) is 1.83. The van der Waals surface area contributed by atoms with Crippen molar-refractivity contribution in [2.75, 3.05) is 12.4 Å². The second-order valence-corrected chi connectivity index (χ2v) is 5.62. The molecule has 2 aromatic rings. The highest BCUT2D eigenvalue weighted by Gasteiger charge is 2.31. The van der Waals surface area contributed by atoms with Crippen LogP contribution in [-0.2, 0) is 12.7 Å². The highest BCUT2D eigenvalue weighted by Crippen LogP contribution is 2.31. The zero-order valence-corrected chi connectivity index (χ0v) is 12.7. The molecule has 6 nitrogen and oxygen atoms in total. The van der Waals surface area contributed by atoms with Crippen LogP contribution in [0.1, 0.15) is 11.4 Å². The number of rotatable bonds is 6. The number of benzene rings is 1. The molecule has 0 saturated carbocycles. The third-order valence-electron chi connectivity index (χ3n) is 2.93. The van der Waals surface area contributed by atoms with E-state index >= 15 is 0 Å². The van der Waals surface area contributed by atoms with E-state index in [0.717, 1.165) is 23.9 Å². The number of aliphatic hydroxyl groups is 2. The van der Waals surface area contributed by atoms with Gasteiger partial charge in [-0.25, -0.2) is 0 Å². The molecule has 4 N–H and O–H groups in total. The number of nitrogens with zero attached hydrogens (tertiary/aromatic N) is 3. The van der Waals surface area contributed by atoms with Crippen molar-refractivity contribution >= 4 is 11.8 Å². The van der Waals surface area contributed by atoms with Crippen LogP contribution in [0.3, 0.4) is 0 Å². The number of thioether (sulfide) groups is 1. The fraction of sp³-hybridized carbons (Fsp3) is 0.385. The second-order valence-electron chi connectivity index (χ2n) is 4.63. The Morgan fingerprint density at radius 1 is 1.30 bits per heavy atom. The molecule has 0 aliphatic heterocycles. The monoisotopic (exact) mass is 348 g/mol. The van der Waals surface area contributed by atoms with Gasteiger partial charge in [0, 0.05) is 5.75 Å². The average Bonchev–Trinajstić information content (AvgIpc) is 2.94. The number of nitrogens with two attached hydrogens (primary N) is 1. The Balaban J connectivity index is 2.39. The van der Waals surface area contributed by atoms with Crippen LogP contribution in [0.5, 0.6) is 0 Å². The minimum atomic E-state index is -4.46. The summed E-state index contributed by atoms with van der Waals surface area (Å²) >= 11 is 1.07. The molecule has 0 bridgehead atoms. The van der Waals surface area contributed by atoms with Gasteiger partial charge in [-0.2, -0.15) is 13.2 Å². The number of aromatic nitrogens is 3. The van der Waals surface area contributed by atoms with E-state index in [9.17, 15) is 18.3 Å². The molecule has 0 fully saturated rings. The van der Waals surface area contributed by atoms with E-state index in [1.165, 1.54) is 16.7 Å². The third kappa shape index (κ3) is 4.22. The molecule has 1 aromatic carbocycles. The summed E-state index contributed by atoms with van der Waals surface area (Å²) in [7, 11) is 0. The summed E-state index contributed by atoms with van der Waals surface area (Å²) in [6, 6.07) is 4.73. The molecule has 0 aliphatic rings. The van der Waals surface area contributed by atoms with Crippen molar-refractivity contribution in [3.8, 4) is 5.69 Å². The van der Waals surface area contributed by atoms with Crippen LogP contribution in [0, 0.1) is 0 Å². The van der Waals surface area contributed by atoms with Crippen LogP contribution in [0.15, 0.2) is 29.4 Å². The van der Waals surface area contributed by atoms with Crippen molar-refractivity contribution in [3.63, 3.8) is 0 Å². The van der Waals surface area contributed by atoms with Gasteiger partial charge in [0.15, 0.2) is 11.0 Å². The van der Waals surface area contributed by atoms with Gasteiger partial charge in [0.25, 0.3) is 0 Å². The number of hydrogen-bond acceptors (Lipinski definition) is 6. The molecule has 1 unspecified atom stereocenters. The lowest BCUT2D eigenvalue weighted by atomic mass is 10.2. The number of halogens is 3. The quantitative estimate of drug-likeness (QED) is 0.679. The first-order valence-corrected chi connectivity index (χ1v) is 7.59. The van der Waals surface area contributed by atoms with Crippen LogP contribution >= 0.6 is 11.8 Å². The third-order valence-corrected chi connectivity index (χ3v) is 4.00. The van der Waals surface area contributed by atoms with Crippen molar-refractivity contribution in [2.24, 2.45) is 5.73 Å². The molecule has 2 rings (SSSR count). The average molecular weight is 348 g/mol. The second kappa shape index (κ2) is 7.30. The Kier molecular flexibility index (Phi) is 5.63. The summed E-state index contributed by atoms with van der Waals surface area (Å²) in [6.45, 7) is -0.430. The molecule has 126 valence electrons. The molecule has 0 spiro atoms. The predicted octanol–water partition coefficient (Wildman–Crippen LogP) is 1.19. The molecule has 0 saturated heterocycles. The van der Waals surface area contributed by atoms with Gasteiger partial charge in [0.05, 0.1) is 30.5 Å². The van der Waals surface area contributed by atoms with Gasteiger partial charge in [0.2, 0.25) is 0 Å². The van der Waals surface area contributed by atoms with E-state index in [1.807, 2.05) is 0 Å². The van der Waals surface area contributed by atoms with Gasteiger partial charge in [0.1, 0.15) is 0 Å². The van der Waals surface area contributed by atoms with E-state index in [4.69, 9.17) is 10.8 Å². The van der Waals surface area contributed by atoms with Gasteiger partial charge < -0.3 is 15.9 Å². The summed E-state index contributed by atoms with van der Waals surface area (Å²) in [5.74, 6) is 0.420. The Morgan fingerprint density at radius 2 is 2.04 bits per heavy atom. The van der Waals surface area contributed by atoms with Gasteiger partial charge in [-0.3, -0.25) is 4.57 Å². The van der Waals surface area contributed by atoms with Crippen LogP contribution < -0.4 is 5.73 Å². The Morgan fingerprint density at radius 3 is 2.65 bits per heavy atom. The van der Waals surface area contributed by atoms with Crippen molar-refractivity contribution in [3.05, 3.63) is 35.7 Å². The zero-order valence-electron chi connectivity index (χ0n) is 11.9. The molecular formula is C13H15F3N4O2S. The molecule has 1 heterocycles. The Labute approximate surface area is 134 Å². The minimum Gasteiger partial charge on any atom is -0.394 e. The normalized spacial score (nSPS) is 13.3. The summed E-state index contributed by atoms with van der Waals surface area (Å²) in [4.78, 5) is 0. The van der Waals surface area contributed by atoms with Crippen LogP contribution in [0.25, 0.3) is 5.69 Å².